The predicted molar refractivity (Wildman–Crippen MR) is 98.3 cm³/mol. The van der Waals surface area contributed by atoms with Gasteiger partial charge in [0, 0.05) is 16.3 Å². The van der Waals surface area contributed by atoms with E-state index in [4.69, 9.17) is 16.3 Å². The van der Waals surface area contributed by atoms with Gasteiger partial charge in [0.25, 0.3) is 0 Å². The van der Waals surface area contributed by atoms with Gasteiger partial charge >= 0.3 is 5.97 Å². The van der Waals surface area contributed by atoms with Crippen molar-refractivity contribution in [3.05, 3.63) is 81.6 Å². The third kappa shape index (κ3) is 3.59. The molecule has 0 fully saturated rings. The Bertz CT molecular complexity index is 931. The summed E-state index contributed by atoms with van der Waals surface area (Å²) in [4.78, 5) is 12.4. The normalized spacial score (nSPS) is 10.7. The molecule has 1 heterocycles. The molecule has 0 bridgehead atoms. The zero-order valence-electron chi connectivity index (χ0n) is 14.4. The molecule has 3 rings (SSSR count). The smallest absolute Gasteiger partial charge is 0.338 e. The van der Waals surface area contributed by atoms with E-state index in [2.05, 4.69) is 5.10 Å². The highest BCUT2D eigenvalue weighted by Crippen LogP contribution is 2.19. The molecule has 5 heteroatoms. The van der Waals surface area contributed by atoms with E-state index >= 15 is 0 Å². The molecule has 0 N–H and O–H groups in total. The summed E-state index contributed by atoms with van der Waals surface area (Å²) < 4.78 is 7.23. The molecule has 0 aliphatic rings. The van der Waals surface area contributed by atoms with Crippen LogP contribution in [0.2, 0.25) is 5.02 Å². The topological polar surface area (TPSA) is 44.1 Å². The van der Waals surface area contributed by atoms with E-state index in [1.165, 1.54) is 0 Å². The van der Waals surface area contributed by atoms with Crippen molar-refractivity contribution in [2.75, 3.05) is 0 Å². The molecule has 0 radical (unpaired) electrons. The Morgan fingerprint density at radius 1 is 1.12 bits per heavy atom. The van der Waals surface area contributed by atoms with E-state index in [1.54, 1.807) is 18.2 Å². The lowest BCUT2D eigenvalue weighted by Crippen LogP contribution is -2.07. The van der Waals surface area contributed by atoms with Crippen molar-refractivity contribution >= 4 is 17.6 Å². The van der Waals surface area contributed by atoms with Crippen molar-refractivity contribution in [3.8, 4) is 5.69 Å². The predicted octanol–water partition coefficient (Wildman–Crippen LogP) is 4.81. The molecular weight excluding hydrogens is 336 g/mol. The maximum atomic E-state index is 12.4. The molecule has 0 aliphatic heterocycles. The third-order valence-electron chi connectivity index (χ3n) is 4.30. The van der Waals surface area contributed by atoms with Gasteiger partial charge in [0.05, 0.1) is 16.9 Å². The van der Waals surface area contributed by atoms with Crippen LogP contribution >= 0.6 is 11.6 Å². The Balaban J connectivity index is 1.80. The van der Waals surface area contributed by atoms with Crippen LogP contribution < -0.4 is 0 Å². The molecule has 0 saturated carbocycles. The van der Waals surface area contributed by atoms with E-state index in [1.807, 2.05) is 55.8 Å². The molecule has 2 aromatic carbocycles. The monoisotopic (exact) mass is 354 g/mol. The number of halogens is 1. The van der Waals surface area contributed by atoms with Crippen molar-refractivity contribution in [2.24, 2.45) is 0 Å². The minimum Gasteiger partial charge on any atom is -0.457 e. The number of rotatable bonds is 4. The highest BCUT2D eigenvalue weighted by molar-refractivity contribution is 6.31. The zero-order chi connectivity index (χ0) is 18.0. The molecule has 0 amide bonds. The molecule has 3 aromatic rings. The van der Waals surface area contributed by atoms with Gasteiger partial charge in [-0.1, -0.05) is 35.9 Å². The fourth-order valence-electron chi connectivity index (χ4n) is 2.58. The summed E-state index contributed by atoms with van der Waals surface area (Å²) in [7, 11) is 0. The van der Waals surface area contributed by atoms with Crippen molar-refractivity contribution in [1.29, 1.82) is 0 Å². The largest absolute Gasteiger partial charge is 0.457 e. The van der Waals surface area contributed by atoms with Crippen LogP contribution in [0.1, 0.15) is 32.9 Å². The zero-order valence-corrected chi connectivity index (χ0v) is 15.2. The number of aromatic nitrogens is 2. The average Bonchev–Trinajstić information content (AvgIpc) is 2.88. The first-order valence-corrected chi connectivity index (χ1v) is 8.39. The van der Waals surface area contributed by atoms with Gasteiger partial charge in [0.2, 0.25) is 0 Å². The van der Waals surface area contributed by atoms with Gasteiger partial charge in [-0.2, -0.15) is 5.10 Å². The molecule has 0 aliphatic carbocycles. The van der Waals surface area contributed by atoms with Crippen LogP contribution in [-0.4, -0.2) is 15.7 Å². The van der Waals surface area contributed by atoms with Crippen molar-refractivity contribution in [3.63, 3.8) is 0 Å². The summed E-state index contributed by atoms with van der Waals surface area (Å²) in [6.07, 6.45) is 0. The fraction of sp³-hybridized carbons (Fsp3) is 0.200. The molecular formula is C20H19ClN2O2. The maximum Gasteiger partial charge on any atom is 0.338 e. The van der Waals surface area contributed by atoms with E-state index in [0.717, 1.165) is 28.2 Å². The lowest BCUT2D eigenvalue weighted by Gasteiger charge is -2.09. The van der Waals surface area contributed by atoms with Crippen LogP contribution in [0.3, 0.4) is 0 Å². The highest BCUT2D eigenvalue weighted by Gasteiger charge is 2.13. The summed E-state index contributed by atoms with van der Waals surface area (Å²) in [5.74, 6) is -0.389. The number of carbonyl (C=O) groups is 1. The van der Waals surface area contributed by atoms with Crippen LogP contribution in [0.25, 0.3) is 5.69 Å². The second-order valence-corrected chi connectivity index (χ2v) is 6.33. The molecule has 4 nitrogen and oxygen atoms in total. The number of carbonyl (C=O) groups excluding carboxylic acids is 1. The highest BCUT2D eigenvalue weighted by atomic mass is 35.5. The van der Waals surface area contributed by atoms with Gasteiger partial charge in [-0.3, -0.25) is 0 Å². The summed E-state index contributed by atoms with van der Waals surface area (Å²) >= 11 is 6.09. The first-order chi connectivity index (χ1) is 12.0. The summed E-state index contributed by atoms with van der Waals surface area (Å²) in [5, 5.41) is 5.12. The van der Waals surface area contributed by atoms with Gasteiger partial charge in [-0.05, 0) is 50.6 Å². The van der Waals surface area contributed by atoms with Crippen LogP contribution in [0, 0.1) is 20.8 Å². The Kier molecular flexibility index (Phi) is 4.91. The third-order valence-corrected chi connectivity index (χ3v) is 4.66. The number of benzene rings is 2. The maximum absolute atomic E-state index is 12.4. The first kappa shape index (κ1) is 17.2. The number of hydrogen-bond donors (Lipinski definition) is 0. The average molecular weight is 355 g/mol. The molecule has 128 valence electrons. The summed E-state index contributed by atoms with van der Waals surface area (Å²) in [5.41, 5.74) is 5.27. The van der Waals surface area contributed by atoms with E-state index in [9.17, 15) is 4.79 Å². The van der Waals surface area contributed by atoms with E-state index in [-0.39, 0.29) is 12.6 Å². The van der Waals surface area contributed by atoms with Gasteiger partial charge in [-0.15, -0.1) is 0 Å². The molecule has 25 heavy (non-hydrogen) atoms. The number of aryl methyl sites for hydroxylation is 1. The minimum atomic E-state index is -0.389. The second-order valence-electron chi connectivity index (χ2n) is 5.93. The Labute approximate surface area is 152 Å². The quantitative estimate of drug-likeness (QED) is 0.631. The van der Waals surface area contributed by atoms with E-state index < -0.39 is 0 Å². The van der Waals surface area contributed by atoms with Gasteiger partial charge < -0.3 is 4.74 Å². The van der Waals surface area contributed by atoms with E-state index in [0.29, 0.717) is 10.6 Å². The number of ether oxygens (including phenoxy) is 1. The fourth-order valence-corrected chi connectivity index (χ4v) is 2.77. The molecule has 0 unspecified atom stereocenters. The van der Waals surface area contributed by atoms with Crippen LogP contribution in [0.5, 0.6) is 0 Å². The van der Waals surface area contributed by atoms with Crippen molar-refractivity contribution in [2.45, 2.75) is 27.4 Å². The summed E-state index contributed by atoms with van der Waals surface area (Å²) in [6, 6.07) is 14.6. The molecule has 0 atom stereocenters. The Morgan fingerprint density at radius 2 is 1.88 bits per heavy atom. The first-order valence-electron chi connectivity index (χ1n) is 8.01. The Hall–Kier alpha value is -2.59. The second kappa shape index (κ2) is 7.11. The SMILES string of the molecule is Cc1nn(-c2cccc(C(=O)OCc3ccccc3Cl)c2)c(C)c1C. The number of nitrogens with zero attached hydrogens (tertiary/aromatic N) is 2. The lowest BCUT2D eigenvalue weighted by molar-refractivity contribution is 0.0473. The summed E-state index contributed by atoms with van der Waals surface area (Å²) in [6.45, 7) is 6.16. The Morgan fingerprint density at radius 3 is 2.56 bits per heavy atom. The number of esters is 1. The molecule has 1 aromatic heterocycles. The van der Waals surface area contributed by atoms with Crippen LogP contribution in [0.15, 0.2) is 48.5 Å². The minimum absolute atomic E-state index is 0.141. The van der Waals surface area contributed by atoms with Crippen molar-refractivity contribution in [1.82, 2.24) is 9.78 Å². The standard InChI is InChI=1S/C20H19ClN2O2/c1-13-14(2)22-23(15(13)3)18-9-6-8-16(11-18)20(24)25-12-17-7-4-5-10-19(17)21/h4-11H,12H2,1-3H3. The molecule has 0 spiro atoms. The lowest BCUT2D eigenvalue weighted by atomic mass is 10.2. The van der Waals surface area contributed by atoms with Crippen LogP contribution in [0.4, 0.5) is 0 Å². The number of hydrogen-bond acceptors (Lipinski definition) is 3. The van der Waals surface area contributed by atoms with Crippen molar-refractivity contribution < 1.29 is 9.53 Å². The molecule has 0 saturated heterocycles. The van der Waals surface area contributed by atoms with Gasteiger partial charge in [-0.25, -0.2) is 9.48 Å². The van der Waals surface area contributed by atoms with Crippen LogP contribution in [-0.2, 0) is 11.3 Å². The van der Waals surface area contributed by atoms with Gasteiger partial charge in [0.1, 0.15) is 6.61 Å². The van der Waals surface area contributed by atoms with Gasteiger partial charge in [0.15, 0.2) is 0 Å².